The lowest BCUT2D eigenvalue weighted by Crippen LogP contribution is -2.40. The van der Waals surface area contributed by atoms with E-state index < -0.39 is 17.9 Å². The van der Waals surface area contributed by atoms with E-state index >= 15 is 0 Å². The molecule has 0 aromatic rings. The molecule has 16 heavy (non-hydrogen) atoms. The van der Waals surface area contributed by atoms with Crippen molar-refractivity contribution in [1.82, 2.24) is 4.90 Å². The smallest absolute Gasteiger partial charge is 0.424 e. The average Bonchev–Trinajstić information content (AvgIpc) is 2.30. The van der Waals surface area contributed by atoms with Gasteiger partial charge in [0.05, 0.1) is 6.61 Å². The fourth-order valence-electron chi connectivity index (χ4n) is 1.03. The van der Waals surface area contributed by atoms with Gasteiger partial charge in [-0.3, -0.25) is 9.59 Å². The summed E-state index contributed by atoms with van der Waals surface area (Å²) in [6.45, 7) is 1.69. The molecule has 0 atom stereocenters. The number of allylic oxidation sites excluding steroid dienone is 4. The first-order valence-electron chi connectivity index (χ1n) is 4.73. The normalized spacial score (nSPS) is 21.7. The quantitative estimate of drug-likeness (QED) is 0.624. The summed E-state index contributed by atoms with van der Waals surface area (Å²) in [5.74, 6) is -1.45. The highest BCUT2D eigenvalue weighted by Crippen LogP contribution is 2.01. The molecular weight excluding hydrogens is 210 g/mol. The van der Waals surface area contributed by atoms with Gasteiger partial charge in [-0.2, -0.15) is 4.90 Å². The van der Waals surface area contributed by atoms with Crippen LogP contribution in [0.15, 0.2) is 36.5 Å². The van der Waals surface area contributed by atoms with Crippen molar-refractivity contribution in [3.05, 3.63) is 36.5 Å². The van der Waals surface area contributed by atoms with Gasteiger partial charge in [0, 0.05) is 12.2 Å². The molecule has 1 rings (SSSR count). The third-order valence-electron chi connectivity index (χ3n) is 1.70. The fraction of sp³-hybridized carbons (Fsp3) is 0.182. The number of carbonyl (C=O) groups excluding carboxylic acids is 3. The Morgan fingerprint density at radius 1 is 1.12 bits per heavy atom. The molecule has 0 spiro atoms. The largest absolute Gasteiger partial charge is 0.449 e. The number of ether oxygens (including phenoxy) is 1. The van der Waals surface area contributed by atoms with Gasteiger partial charge in [-0.25, -0.2) is 4.79 Å². The second-order valence-corrected chi connectivity index (χ2v) is 2.81. The minimum Gasteiger partial charge on any atom is -0.449 e. The summed E-state index contributed by atoms with van der Waals surface area (Å²) in [4.78, 5) is 34.8. The Kier molecular flexibility index (Phi) is 4.20. The molecule has 0 aliphatic carbocycles. The van der Waals surface area contributed by atoms with E-state index in [0.29, 0.717) is 4.90 Å². The van der Waals surface area contributed by atoms with Crippen molar-refractivity contribution in [1.29, 1.82) is 0 Å². The molecule has 0 N–H and O–H groups in total. The molecule has 1 heterocycles. The van der Waals surface area contributed by atoms with Crippen LogP contribution in [0.2, 0.25) is 0 Å². The van der Waals surface area contributed by atoms with Gasteiger partial charge in [-0.15, -0.1) is 0 Å². The summed E-state index contributed by atoms with van der Waals surface area (Å²) in [6.07, 6.45) is 7.33. The Morgan fingerprint density at radius 3 is 2.06 bits per heavy atom. The molecular formula is C11H11NO4. The number of rotatable bonds is 1. The highest BCUT2D eigenvalue weighted by atomic mass is 16.6. The molecule has 5 heteroatoms. The molecule has 5 nitrogen and oxygen atoms in total. The lowest BCUT2D eigenvalue weighted by Gasteiger charge is -2.14. The zero-order valence-electron chi connectivity index (χ0n) is 8.75. The molecule has 0 saturated carbocycles. The maximum atomic E-state index is 11.5. The van der Waals surface area contributed by atoms with Crippen LogP contribution in [0.25, 0.3) is 0 Å². The summed E-state index contributed by atoms with van der Waals surface area (Å²) in [6, 6.07) is 0. The summed E-state index contributed by atoms with van der Waals surface area (Å²) >= 11 is 0. The Hall–Kier alpha value is -2.17. The fourth-order valence-corrected chi connectivity index (χ4v) is 1.03. The zero-order chi connectivity index (χ0) is 12.0. The molecule has 0 aromatic carbocycles. The monoisotopic (exact) mass is 221 g/mol. The van der Waals surface area contributed by atoms with Crippen molar-refractivity contribution in [3.63, 3.8) is 0 Å². The van der Waals surface area contributed by atoms with E-state index in [9.17, 15) is 14.4 Å². The summed E-state index contributed by atoms with van der Waals surface area (Å²) in [5, 5.41) is 0. The van der Waals surface area contributed by atoms with Crippen molar-refractivity contribution in [3.8, 4) is 0 Å². The van der Waals surface area contributed by atoms with Gasteiger partial charge in [-0.1, -0.05) is 24.3 Å². The van der Waals surface area contributed by atoms with Crippen LogP contribution in [0.3, 0.4) is 0 Å². The molecule has 1 aliphatic heterocycles. The van der Waals surface area contributed by atoms with Gasteiger partial charge in [-0.05, 0) is 6.92 Å². The molecule has 0 radical (unpaired) electrons. The van der Waals surface area contributed by atoms with Crippen molar-refractivity contribution in [2.75, 3.05) is 6.61 Å². The lowest BCUT2D eigenvalue weighted by atomic mass is 10.4. The van der Waals surface area contributed by atoms with Crippen LogP contribution in [-0.4, -0.2) is 29.4 Å². The standard InChI is InChI=1S/C11H11NO4/c1-2-16-11(15)12-9(13)7-5-3-4-6-8-10(12)14/h3-8H,2H2,1H3/b4-3-,7-5+,8-6+. The van der Waals surface area contributed by atoms with E-state index in [1.807, 2.05) is 0 Å². The second-order valence-electron chi connectivity index (χ2n) is 2.81. The van der Waals surface area contributed by atoms with E-state index in [0.717, 1.165) is 12.2 Å². The highest BCUT2D eigenvalue weighted by molar-refractivity contribution is 6.15. The Bertz CT molecular complexity index is 365. The Morgan fingerprint density at radius 2 is 1.62 bits per heavy atom. The minimum atomic E-state index is -0.964. The van der Waals surface area contributed by atoms with Crippen LogP contribution in [0.4, 0.5) is 4.79 Å². The number of nitrogens with zero attached hydrogens (tertiary/aromatic N) is 1. The predicted molar refractivity (Wildman–Crippen MR) is 56.3 cm³/mol. The molecule has 3 amide bonds. The molecule has 0 fully saturated rings. The SMILES string of the molecule is CCOC(=O)N1C(=O)/C=C/C=C\C=C\C1=O. The topological polar surface area (TPSA) is 63.7 Å². The number of hydrogen-bond donors (Lipinski definition) is 0. The first-order chi connectivity index (χ1) is 7.66. The predicted octanol–water partition coefficient (Wildman–Crippen LogP) is 1.18. The summed E-state index contributed by atoms with van der Waals surface area (Å²) < 4.78 is 4.62. The second kappa shape index (κ2) is 5.65. The van der Waals surface area contributed by atoms with Crippen LogP contribution < -0.4 is 0 Å². The van der Waals surface area contributed by atoms with Crippen LogP contribution in [0.1, 0.15) is 6.92 Å². The minimum absolute atomic E-state index is 0.0988. The van der Waals surface area contributed by atoms with Gasteiger partial charge in [0.2, 0.25) is 0 Å². The molecule has 0 aromatic heterocycles. The summed E-state index contributed by atoms with van der Waals surface area (Å²) in [5.41, 5.74) is 0. The maximum Gasteiger partial charge on any atom is 0.424 e. The van der Waals surface area contributed by atoms with Gasteiger partial charge in [0.15, 0.2) is 0 Å². The first-order valence-corrected chi connectivity index (χ1v) is 4.73. The van der Waals surface area contributed by atoms with Gasteiger partial charge < -0.3 is 4.74 Å². The average molecular weight is 221 g/mol. The van der Waals surface area contributed by atoms with Crippen molar-refractivity contribution >= 4 is 17.9 Å². The van der Waals surface area contributed by atoms with Crippen LogP contribution >= 0.6 is 0 Å². The Balaban J connectivity index is 2.98. The van der Waals surface area contributed by atoms with Gasteiger partial charge >= 0.3 is 6.09 Å². The van der Waals surface area contributed by atoms with E-state index in [1.165, 1.54) is 12.2 Å². The van der Waals surface area contributed by atoms with E-state index in [-0.39, 0.29) is 6.61 Å². The third kappa shape index (κ3) is 2.91. The molecule has 0 saturated heterocycles. The highest BCUT2D eigenvalue weighted by Gasteiger charge is 2.26. The van der Waals surface area contributed by atoms with E-state index in [4.69, 9.17) is 0 Å². The van der Waals surface area contributed by atoms with Crippen molar-refractivity contribution in [2.24, 2.45) is 0 Å². The maximum absolute atomic E-state index is 11.5. The molecule has 0 bridgehead atoms. The number of amides is 3. The number of carbonyl (C=O) groups is 3. The number of imide groups is 3. The van der Waals surface area contributed by atoms with Crippen LogP contribution in [0, 0.1) is 0 Å². The van der Waals surface area contributed by atoms with Gasteiger partial charge in [0.1, 0.15) is 0 Å². The Labute approximate surface area is 92.7 Å². The van der Waals surface area contributed by atoms with Gasteiger partial charge in [0.25, 0.3) is 11.8 Å². The third-order valence-corrected chi connectivity index (χ3v) is 1.70. The lowest BCUT2D eigenvalue weighted by molar-refractivity contribution is -0.136. The molecule has 84 valence electrons. The zero-order valence-corrected chi connectivity index (χ0v) is 8.75. The molecule has 0 unspecified atom stereocenters. The van der Waals surface area contributed by atoms with E-state index in [2.05, 4.69) is 4.74 Å². The number of hydrogen-bond acceptors (Lipinski definition) is 4. The van der Waals surface area contributed by atoms with E-state index in [1.54, 1.807) is 19.1 Å². The van der Waals surface area contributed by atoms with Crippen LogP contribution in [0.5, 0.6) is 0 Å². The summed E-state index contributed by atoms with van der Waals surface area (Å²) in [7, 11) is 0. The first kappa shape index (κ1) is 11.9. The van der Waals surface area contributed by atoms with Crippen molar-refractivity contribution < 1.29 is 19.1 Å². The molecule has 1 aliphatic rings. The van der Waals surface area contributed by atoms with Crippen LogP contribution in [-0.2, 0) is 14.3 Å². The van der Waals surface area contributed by atoms with Crippen molar-refractivity contribution in [2.45, 2.75) is 6.92 Å².